The highest BCUT2D eigenvalue weighted by atomic mass is 32.2. The van der Waals surface area contributed by atoms with Crippen LogP contribution in [0.15, 0.2) is 133 Å². The van der Waals surface area contributed by atoms with E-state index in [0.717, 1.165) is 22.3 Å². The van der Waals surface area contributed by atoms with Gasteiger partial charge in [0.05, 0.1) is 6.61 Å². The second-order valence-corrected chi connectivity index (χ2v) is 12.8. The third-order valence-corrected chi connectivity index (χ3v) is 9.76. The highest BCUT2D eigenvalue weighted by molar-refractivity contribution is 8.00. The fourth-order valence-electron chi connectivity index (χ4n) is 5.95. The van der Waals surface area contributed by atoms with Gasteiger partial charge in [0.1, 0.15) is 17.1 Å². The van der Waals surface area contributed by atoms with Crippen molar-refractivity contribution >= 4 is 35.5 Å². The van der Waals surface area contributed by atoms with E-state index < -0.39 is 48.1 Å². The fourth-order valence-corrected chi connectivity index (χ4v) is 7.29. The lowest BCUT2D eigenvalue weighted by Crippen LogP contribution is -2.70. The van der Waals surface area contributed by atoms with Crippen LogP contribution >= 0.6 is 11.8 Å². The van der Waals surface area contributed by atoms with Crippen LogP contribution in [-0.4, -0.2) is 57.5 Å². The molecule has 0 unspecified atom stereocenters. The molecule has 0 aliphatic carbocycles. The Kier molecular flexibility index (Phi) is 10.9. The summed E-state index contributed by atoms with van der Waals surface area (Å²) in [5.74, 6) is -1.73. The minimum atomic E-state index is -0.855. The molecule has 2 aliphatic rings. The highest BCUT2D eigenvalue weighted by Gasteiger charge is 2.54. The number of carbonyl (C=O) groups excluding carboxylic acids is 4. The topological polar surface area (TPSA) is 122 Å². The summed E-state index contributed by atoms with van der Waals surface area (Å²) in [4.78, 5) is 54.2. The molecule has 2 heterocycles. The number of rotatable bonds is 13. The maximum absolute atomic E-state index is 13.7. The Bertz CT molecular complexity index is 1720. The average Bonchev–Trinajstić information content (AvgIpc) is 3.15. The van der Waals surface area contributed by atoms with Gasteiger partial charge >= 0.3 is 11.9 Å². The van der Waals surface area contributed by atoms with Crippen molar-refractivity contribution in [1.82, 2.24) is 10.2 Å². The van der Waals surface area contributed by atoms with E-state index in [9.17, 15) is 24.3 Å². The van der Waals surface area contributed by atoms with Crippen molar-refractivity contribution in [2.24, 2.45) is 0 Å². The number of thioether (sulfide) groups is 1. The maximum atomic E-state index is 13.7. The third kappa shape index (κ3) is 7.77. The van der Waals surface area contributed by atoms with Gasteiger partial charge in [-0.2, -0.15) is 0 Å². The van der Waals surface area contributed by atoms with Crippen LogP contribution in [0.2, 0.25) is 0 Å². The van der Waals surface area contributed by atoms with Gasteiger partial charge in [0.15, 0.2) is 12.2 Å². The molecule has 4 aromatic rings. The minimum Gasteiger partial charge on any atom is -0.453 e. The molecule has 250 valence electrons. The van der Waals surface area contributed by atoms with Crippen LogP contribution in [0.1, 0.15) is 53.7 Å². The van der Waals surface area contributed by atoms with E-state index >= 15 is 0 Å². The SMILES string of the molecule is O=C(CCCC(=O)OC(c1ccccc1)c1ccccc1)N[C@@H]1C(=O)N2C(C(=O)OC(c3ccccc3)c3ccccc3)=C(CO)CS[C@@H]12. The van der Waals surface area contributed by atoms with Gasteiger partial charge in [-0.25, -0.2) is 4.79 Å². The lowest BCUT2D eigenvalue weighted by molar-refractivity contribution is -0.154. The molecule has 2 amide bonds. The van der Waals surface area contributed by atoms with Gasteiger partial charge in [-0.1, -0.05) is 121 Å². The largest absolute Gasteiger partial charge is 0.453 e. The van der Waals surface area contributed by atoms with E-state index in [0.29, 0.717) is 11.3 Å². The van der Waals surface area contributed by atoms with E-state index in [2.05, 4.69) is 5.32 Å². The first kappa shape index (κ1) is 33.7. The van der Waals surface area contributed by atoms with Crippen molar-refractivity contribution in [3.05, 3.63) is 155 Å². The average molecular weight is 677 g/mol. The van der Waals surface area contributed by atoms with Crippen molar-refractivity contribution in [3.63, 3.8) is 0 Å². The van der Waals surface area contributed by atoms with Crippen LogP contribution < -0.4 is 5.32 Å². The lowest BCUT2D eigenvalue weighted by atomic mass is 10.0. The summed E-state index contributed by atoms with van der Waals surface area (Å²) in [6.07, 6.45) is -1.03. The molecule has 2 N–H and O–H groups in total. The van der Waals surface area contributed by atoms with Crippen LogP contribution in [0.5, 0.6) is 0 Å². The number of carbonyl (C=O) groups is 4. The predicted molar refractivity (Wildman–Crippen MR) is 185 cm³/mol. The molecule has 1 fully saturated rings. The molecule has 2 atom stereocenters. The predicted octanol–water partition coefficient (Wildman–Crippen LogP) is 5.47. The van der Waals surface area contributed by atoms with Gasteiger partial charge < -0.3 is 19.9 Å². The summed E-state index contributed by atoms with van der Waals surface area (Å²) in [7, 11) is 0. The molecule has 0 bridgehead atoms. The number of nitrogens with zero attached hydrogens (tertiary/aromatic N) is 1. The van der Waals surface area contributed by atoms with Gasteiger partial charge in [0.25, 0.3) is 5.91 Å². The smallest absolute Gasteiger partial charge is 0.356 e. The zero-order chi connectivity index (χ0) is 34.2. The number of aliphatic hydroxyl groups excluding tert-OH is 1. The number of nitrogens with one attached hydrogen (secondary N) is 1. The van der Waals surface area contributed by atoms with Crippen LogP contribution in [0.3, 0.4) is 0 Å². The molecule has 6 rings (SSSR count). The number of fused-ring (bicyclic) bond motifs is 1. The Morgan fingerprint density at radius 1 is 0.735 bits per heavy atom. The molecular weight excluding hydrogens is 641 g/mol. The van der Waals surface area contributed by atoms with Gasteiger partial charge in [0, 0.05) is 18.6 Å². The van der Waals surface area contributed by atoms with E-state index in [4.69, 9.17) is 9.47 Å². The molecule has 0 saturated carbocycles. The van der Waals surface area contributed by atoms with E-state index in [-0.39, 0.29) is 30.9 Å². The third-order valence-electron chi connectivity index (χ3n) is 8.42. The summed E-state index contributed by atoms with van der Waals surface area (Å²) in [6.45, 7) is -0.419. The van der Waals surface area contributed by atoms with E-state index in [1.54, 1.807) is 0 Å². The van der Waals surface area contributed by atoms with Gasteiger partial charge in [-0.3, -0.25) is 19.3 Å². The van der Waals surface area contributed by atoms with Crippen molar-refractivity contribution in [2.75, 3.05) is 12.4 Å². The molecule has 0 radical (unpaired) electrons. The fraction of sp³-hybridized carbons (Fsp3) is 0.231. The lowest BCUT2D eigenvalue weighted by Gasteiger charge is -2.49. The molecule has 2 aliphatic heterocycles. The molecule has 10 heteroatoms. The Labute approximate surface area is 288 Å². The normalized spacial score (nSPS) is 17.0. The number of β-lactam (4-membered cyclic amide) rings is 1. The molecule has 1 saturated heterocycles. The van der Waals surface area contributed by atoms with Crippen molar-refractivity contribution in [3.8, 4) is 0 Å². The number of esters is 2. The minimum absolute atomic E-state index is 0.00717. The molecule has 0 spiro atoms. The Morgan fingerprint density at radius 3 is 1.67 bits per heavy atom. The van der Waals surface area contributed by atoms with Crippen molar-refractivity contribution in [1.29, 1.82) is 0 Å². The van der Waals surface area contributed by atoms with E-state index in [1.807, 2.05) is 121 Å². The van der Waals surface area contributed by atoms with Crippen LogP contribution in [0.25, 0.3) is 0 Å². The summed E-state index contributed by atoms with van der Waals surface area (Å²) in [5, 5.41) is 12.3. The van der Waals surface area contributed by atoms with Gasteiger partial charge in [-0.05, 0) is 34.2 Å². The Morgan fingerprint density at radius 2 is 1.20 bits per heavy atom. The first-order valence-corrected chi connectivity index (χ1v) is 17.2. The summed E-state index contributed by atoms with van der Waals surface area (Å²) >= 11 is 1.35. The number of amides is 2. The second kappa shape index (κ2) is 15.8. The summed E-state index contributed by atoms with van der Waals surface area (Å²) in [6, 6.07) is 36.6. The molecule has 9 nitrogen and oxygen atoms in total. The number of ether oxygens (including phenoxy) is 2. The second-order valence-electron chi connectivity index (χ2n) is 11.7. The first-order valence-electron chi connectivity index (χ1n) is 16.1. The first-order chi connectivity index (χ1) is 23.9. The van der Waals surface area contributed by atoms with E-state index in [1.165, 1.54) is 16.7 Å². The number of hydrogen-bond donors (Lipinski definition) is 2. The highest BCUT2D eigenvalue weighted by Crippen LogP contribution is 2.41. The summed E-state index contributed by atoms with van der Waals surface area (Å²) < 4.78 is 11.9. The molecule has 4 aromatic carbocycles. The van der Waals surface area contributed by atoms with Crippen molar-refractivity contribution < 1.29 is 33.8 Å². The standard InChI is InChI=1S/C39H36N2O7S/c42-24-30-25-49-38-33(37(45)41(38)34(30)39(46)48-36(28-18-9-3-10-19-28)29-20-11-4-12-21-29)40-31(43)22-13-23-32(44)47-35(26-14-5-1-6-15-26)27-16-7-2-8-17-27/h1-12,14-21,33,35-36,38,42H,13,22-25H2,(H,40,43)/t33-,38+/m1/s1. The zero-order valence-electron chi connectivity index (χ0n) is 26.6. The Balaban J connectivity index is 1.05. The van der Waals surface area contributed by atoms with Gasteiger partial charge in [-0.15, -0.1) is 11.8 Å². The number of aliphatic hydroxyl groups is 1. The van der Waals surface area contributed by atoms with Crippen molar-refractivity contribution in [2.45, 2.75) is 42.9 Å². The number of hydrogen-bond acceptors (Lipinski definition) is 8. The van der Waals surface area contributed by atoms with Gasteiger partial charge in [0.2, 0.25) is 5.91 Å². The van der Waals surface area contributed by atoms with Crippen LogP contribution in [0.4, 0.5) is 0 Å². The molecule has 49 heavy (non-hydrogen) atoms. The maximum Gasteiger partial charge on any atom is 0.356 e. The zero-order valence-corrected chi connectivity index (χ0v) is 27.5. The molecule has 0 aromatic heterocycles. The van der Waals surface area contributed by atoms with Crippen LogP contribution in [-0.2, 0) is 28.7 Å². The summed E-state index contributed by atoms with van der Waals surface area (Å²) in [5.41, 5.74) is 3.59. The van der Waals surface area contributed by atoms with Crippen LogP contribution in [0, 0.1) is 0 Å². The number of benzene rings is 4. The quantitative estimate of drug-likeness (QED) is 0.141. The Hall–Kier alpha value is -5.19. The monoisotopic (exact) mass is 676 g/mol. The molecular formula is C39H36N2O7S.